The SMILES string of the molecule is C=C(C)C(=O)OCCOC(=O)c1cccc(C2C(=O)Oc3c(C)cc(C)cc32)c1.Cc1ccc(C2C(=O)N(c3ccccc3)c3c2cc(C(C)(C)C)cc3C(C)(C)C)cc1C. The van der Waals surface area contributed by atoms with Crippen LogP contribution in [0.5, 0.6) is 5.75 Å². The zero-order valence-electron chi connectivity index (χ0n) is 37.3. The zero-order valence-corrected chi connectivity index (χ0v) is 37.3. The minimum absolute atomic E-state index is 0.00795. The summed E-state index contributed by atoms with van der Waals surface area (Å²) >= 11 is 0. The van der Waals surface area contributed by atoms with E-state index in [0.29, 0.717) is 16.9 Å². The van der Waals surface area contributed by atoms with Gasteiger partial charge < -0.3 is 14.2 Å². The van der Waals surface area contributed by atoms with Crippen molar-refractivity contribution in [1.29, 1.82) is 0 Å². The number of rotatable bonds is 8. The van der Waals surface area contributed by atoms with Crippen LogP contribution in [0, 0.1) is 27.7 Å². The Morgan fingerprint density at radius 3 is 2.00 bits per heavy atom. The number of para-hydroxylation sites is 1. The van der Waals surface area contributed by atoms with Gasteiger partial charge in [-0.3, -0.25) is 14.5 Å². The van der Waals surface area contributed by atoms with E-state index in [-0.39, 0.29) is 47.4 Å². The Morgan fingerprint density at radius 2 is 1.36 bits per heavy atom. The first-order valence-corrected chi connectivity index (χ1v) is 20.7. The number of hydrogen-bond acceptors (Lipinski definition) is 7. The van der Waals surface area contributed by atoms with E-state index in [4.69, 9.17) is 14.2 Å². The predicted octanol–water partition coefficient (Wildman–Crippen LogP) is 11.3. The third kappa shape index (κ3) is 9.39. The summed E-state index contributed by atoms with van der Waals surface area (Å²) in [5, 5.41) is 0. The lowest BCUT2D eigenvalue weighted by Gasteiger charge is -2.30. The second-order valence-electron chi connectivity index (χ2n) is 18.3. The molecule has 0 spiro atoms. The molecule has 0 saturated heterocycles. The molecule has 0 aromatic heterocycles. The molecule has 5 aromatic carbocycles. The molecule has 7 rings (SSSR count). The molecular formula is C53H57NO7. The number of amides is 1. The number of esters is 3. The summed E-state index contributed by atoms with van der Waals surface area (Å²) in [6, 6.07) is 31.7. The lowest BCUT2D eigenvalue weighted by Crippen LogP contribution is -2.26. The molecule has 316 valence electrons. The molecule has 0 fully saturated rings. The van der Waals surface area contributed by atoms with Gasteiger partial charge in [-0.25, -0.2) is 9.59 Å². The molecule has 2 heterocycles. The quantitative estimate of drug-likeness (QED) is 0.0665. The number of hydrogen-bond donors (Lipinski definition) is 0. The number of carbonyl (C=O) groups excluding carboxylic acids is 4. The summed E-state index contributed by atoms with van der Waals surface area (Å²) in [6.45, 7) is 26.5. The monoisotopic (exact) mass is 819 g/mol. The Hall–Kier alpha value is -6.28. The van der Waals surface area contributed by atoms with Gasteiger partial charge in [-0.2, -0.15) is 0 Å². The van der Waals surface area contributed by atoms with Gasteiger partial charge in [0.2, 0.25) is 5.91 Å². The molecule has 8 nitrogen and oxygen atoms in total. The summed E-state index contributed by atoms with van der Waals surface area (Å²) in [5.41, 5.74) is 13.0. The van der Waals surface area contributed by atoms with Gasteiger partial charge in [-0.1, -0.05) is 126 Å². The van der Waals surface area contributed by atoms with Crippen molar-refractivity contribution in [2.45, 2.75) is 98.8 Å². The fourth-order valence-corrected chi connectivity index (χ4v) is 7.87. The summed E-state index contributed by atoms with van der Waals surface area (Å²) < 4.78 is 15.5. The topological polar surface area (TPSA) is 99.2 Å². The third-order valence-electron chi connectivity index (χ3n) is 11.2. The molecule has 2 atom stereocenters. The highest BCUT2D eigenvalue weighted by molar-refractivity contribution is 6.13. The van der Waals surface area contributed by atoms with Crippen LogP contribution in [-0.2, 0) is 34.7 Å². The Labute approximate surface area is 360 Å². The van der Waals surface area contributed by atoms with Gasteiger partial charge >= 0.3 is 17.9 Å². The van der Waals surface area contributed by atoms with Gasteiger partial charge in [-0.15, -0.1) is 0 Å². The molecule has 0 saturated carbocycles. The maximum absolute atomic E-state index is 14.1. The molecule has 5 aromatic rings. The molecule has 2 unspecified atom stereocenters. The highest BCUT2D eigenvalue weighted by Crippen LogP contribution is 2.51. The van der Waals surface area contributed by atoms with Gasteiger partial charge in [0.05, 0.1) is 17.2 Å². The predicted molar refractivity (Wildman–Crippen MR) is 241 cm³/mol. The maximum Gasteiger partial charge on any atom is 0.338 e. The number of carbonyl (C=O) groups is 4. The molecular weight excluding hydrogens is 763 g/mol. The molecule has 0 N–H and O–H groups in total. The largest absolute Gasteiger partial charge is 0.459 e. The van der Waals surface area contributed by atoms with E-state index in [1.807, 2.05) is 61.2 Å². The van der Waals surface area contributed by atoms with Gasteiger partial charge in [0.15, 0.2) is 0 Å². The standard InChI is InChI=1S/C30H35NO.C23H22O6/c1-19-14-15-21(16-20(19)2)26-24-17-22(29(3,4)5)18-25(30(6,7)8)27(24)31(28(26)32)23-12-10-9-11-13-23;1-13(2)21(24)27-8-9-28-22(25)17-7-5-6-16(12-17)19-18-11-14(3)10-15(4)20(18)29-23(19)26/h9-18,26H,1-8H3;5-7,10-12,19H,1,8-9H2,2-4H3. The first kappa shape index (κ1) is 44.3. The average Bonchev–Trinajstić information content (AvgIpc) is 3.69. The van der Waals surface area contributed by atoms with Crippen molar-refractivity contribution >= 4 is 35.2 Å². The van der Waals surface area contributed by atoms with Crippen molar-refractivity contribution in [2.75, 3.05) is 18.1 Å². The van der Waals surface area contributed by atoms with Crippen molar-refractivity contribution in [3.63, 3.8) is 0 Å². The van der Waals surface area contributed by atoms with E-state index < -0.39 is 17.9 Å². The van der Waals surface area contributed by atoms with Crippen LogP contribution in [0.3, 0.4) is 0 Å². The third-order valence-corrected chi connectivity index (χ3v) is 11.2. The van der Waals surface area contributed by atoms with Crippen LogP contribution in [0.4, 0.5) is 11.4 Å². The summed E-state index contributed by atoms with van der Waals surface area (Å²) in [4.78, 5) is 52.2. The van der Waals surface area contributed by atoms with E-state index in [1.165, 1.54) is 29.2 Å². The number of fused-ring (bicyclic) bond motifs is 2. The fourth-order valence-electron chi connectivity index (χ4n) is 7.87. The zero-order chi connectivity index (χ0) is 44.6. The van der Waals surface area contributed by atoms with Crippen LogP contribution in [0.15, 0.2) is 109 Å². The number of ether oxygens (including phenoxy) is 3. The highest BCUT2D eigenvalue weighted by atomic mass is 16.6. The molecule has 61 heavy (non-hydrogen) atoms. The Balaban J connectivity index is 0.000000205. The van der Waals surface area contributed by atoms with Crippen molar-refractivity contribution < 1.29 is 33.4 Å². The van der Waals surface area contributed by atoms with Crippen LogP contribution in [-0.4, -0.2) is 37.0 Å². The summed E-state index contributed by atoms with van der Waals surface area (Å²) in [6.07, 6.45) is 0. The number of benzene rings is 5. The van der Waals surface area contributed by atoms with Crippen molar-refractivity contribution in [1.82, 2.24) is 0 Å². The minimum Gasteiger partial charge on any atom is -0.459 e. The van der Waals surface area contributed by atoms with Gasteiger partial charge in [-0.05, 0) is 114 Å². The average molecular weight is 820 g/mol. The molecule has 2 aliphatic rings. The molecule has 2 aliphatic heterocycles. The second-order valence-corrected chi connectivity index (χ2v) is 18.3. The normalized spacial score (nSPS) is 15.6. The Bertz CT molecular complexity index is 2540. The van der Waals surface area contributed by atoms with Crippen molar-refractivity contribution in [3.05, 3.63) is 170 Å². The lowest BCUT2D eigenvalue weighted by molar-refractivity contribution is -0.140. The van der Waals surface area contributed by atoms with Gasteiger partial charge in [0.1, 0.15) is 24.9 Å². The number of anilines is 2. The van der Waals surface area contributed by atoms with Crippen LogP contribution >= 0.6 is 0 Å². The van der Waals surface area contributed by atoms with Gasteiger partial charge in [0, 0.05) is 16.8 Å². The summed E-state index contributed by atoms with van der Waals surface area (Å²) in [7, 11) is 0. The molecule has 0 aliphatic carbocycles. The van der Waals surface area contributed by atoms with E-state index in [9.17, 15) is 19.2 Å². The van der Waals surface area contributed by atoms with Crippen molar-refractivity contribution in [3.8, 4) is 5.75 Å². The molecule has 0 radical (unpaired) electrons. The van der Waals surface area contributed by atoms with Crippen LogP contribution in [0.25, 0.3) is 0 Å². The Kier molecular flexibility index (Phi) is 12.6. The maximum atomic E-state index is 14.1. The molecule has 8 heteroatoms. The van der Waals surface area contributed by atoms with E-state index in [0.717, 1.165) is 39.2 Å². The van der Waals surface area contributed by atoms with Crippen LogP contribution in [0.1, 0.15) is 126 Å². The minimum atomic E-state index is -0.590. The lowest BCUT2D eigenvalue weighted by atomic mass is 9.77. The van der Waals surface area contributed by atoms with Crippen LogP contribution in [0.2, 0.25) is 0 Å². The van der Waals surface area contributed by atoms with E-state index in [2.05, 4.69) is 92.3 Å². The van der Waals surface area contributed by atoms with E-state index in [1.54, 1.807) is 24.3 Å². The van der Waals surface area contributed by atoms with E-state index >= 15 is 0 Å². The smallest absolute Gasteiger partial charge is 0.338 e. The Morgan fingerprint density at radius 1 is 0.689 bits per heavy atom. The van der Waals surface area contributed by atoms with Crippen molar-refractivity contribution in [2.24, 2.45) is 0 Å². The first-order valence-electron chi connectivity index (χ1n) is 20.7. The molecule has 0 bridgehead atoms. The number of aryl methyl sites for hydroxylation is 4. The second kappa shape index (κ2) is 17.4. The fraction of sp³-hybridized carbons (Fsp3) is 0.321. The number of nitrogens with zero attached hydrogens (tertiary/aromatic N) is 1. The van der Waals surface area contributed by atoms with Gasteiger partial charge in [0.25, 0.3) is 0 Å². The highest BCUT2D eigenvalue weighted by Gasteiger charge is 2.43. The summed E-state index contributed by atoms with van der Waals surface area (Å²) in [5.74, 6) is -1.65. The first-order chi connectivity index (χ1) is 28.7. The molecule has 1 amide bonds. The van der Waals surface area contributed by atoms with Crippen LogP contribution < -0.4 is 9.64 Å².